The van der Waals surface area contributed by atoms with Crippen LogP contribution in [0, 0.1) is 0 Å². The van der Waals surface area contributed by atoms with E-state index < -0.39 is 5.97 Å². The molecule has 18 heavy (non-hydrogen) atoms. The Morgan fingerprint density at radius 2 is 1.83 bits per heavy atom. The molecule has 0 aromatic heterocycles. The van der Waals surface area contributed by atoms with Crippen LogP contribution in [-0.4, -0.2) is 59.1 Å². The van der Waals surface area contributed by atoms with Gasteiger partial charge in [0.15, 0.2) is 0 Å². The molecule has 1 heterocycles. The molecular formula is C14H26N2O2. The predicted molar refractivity (Wildman–Crippen MR) is 71.7 cm³/mol. The minimum absolute atomic E-state index is 0.230. The Labute approximate surface area is 110 Å². The van der Waals surface area contributed by atoms with E-state index in [1.165, 1.54) is 25.7 Å². The average Bonchev–Trinajstić information content (AvgIpc) is 2.90. The molecule has 1 saturated carbocycles. The van der Waals surface area contributed by atoms with Crippen molar-refractivity contribution in [2.45, 2.75) is 57.5 Å². The Hall–Kier alpha value is -0.610. The van der Waals surface area contributed by atoms with Crippen LogP contribution in [0.15, 0.2) is 0 Å². The smallest absolute Gasteiger partial charge is 0.304 e. The number of aliphatic carboxylic acids is 1. The number of nitrogens with zero attached hydrogens (tertiary/aromatic N) is 2. The summed E-state index contributed by atoms with van der Waals surface area (Å²) < 4.78 is 0. The fourth-order valence-corrected chi connectivity index (χ4v) is 3.47. The monoisotopic (exact) mass is 254 g/mol. The van der Waals surface area contributed by atoms with Gasteiger partial charge in [-0.3, -0.25) is 14.6 Å². The topological polar surface area (TPSA) is 43.8 Å². The van der Waals surface area contributed by atoms with E-state index in [4.69, 9.17) is 5.11 Å². The predicted octanol–water partition coefficient (Wildman–Crippen LogP) is 1.80. The van der Waals surface area contributed by atoms with Crippen LogP contribution in [0.3, 0.4) is 0 Å². The van der Waals surface area contributed by atoms with E-state index in [0.29, 0.717) is 6.42 Å². The van der Waals surface area contributed by atoms with Crippen LogP contribution in [0.1, 0.15) is 45.4 Å². The van der Waals surface area contributed by atoms with Gasteiger partial charge in [0.2, 0.25) is 0 Å². The number of hydrogen-bond acceptors (Lipinski definition) is 3. The zero-order chi connectivity index (χ0) is 13.0. The van der Waals surface area contributed by atoms with Crippen LogP contribution in [0.2, 0.25) is 0 Å². The van der Waals surface area contributed by atoms with Gasteiger partial charge >= 0.3 is 5.97 Å². The third-order valence-electron chi connectivity index (χ3n) is 4.59. The van der Waals surface area contributed by atoms with Crippen LogP contribution in [-0.2, 0) is 4.79 Å². The maximum atomic E-state index is 10.8. The molecule has 4 nitrogen and oxygen atoms in total. The molecule has 0 radical (unpaired) electrons. The Kier molecular flexibility index (Phi) is 5.01. The Balaban J connectivity index is 1.79. The molecule has 0 aromatic carbocycles. The second kappa shape index (κ2) is 6.53. The van der Waals surface area contributed by atoms with Crippen LogP contribution in [0.4, 0.5) is 0 Å². The molecule has 0 bridgehead atoms. The lowest BCUT2D eigenvalue weighted by Gasteiger charge is -2.41. The fraction of sp³-hybridized carbons (Fsp3) is 0.929. The lowest BCUT2D eigenvalue weighted by atomic mass is 10.1. The maximum absolute atomic E-state index is 10.8. The van der Waals surface area contributed by atoms with Gasteiger partial charge < -0.3 is 5.11 Å². The summed E-state index contributed by atoms with van der Waals surface area (Å²) in [5.41, 5.74) is 0. The molecule has 1 aliphatic carbocycles. The fourth-order valence-electron chi connectivity index (χ4n) is 3.47. The number of hydrogen-bond donors (Lipinski definition) is 1. The summed E-state index contributed by atoms with van der Waals surface area (Å²) in [6.07, 6.45) is 6.75. The lowest BCUT2D eigenvalue weighted by molar-refractivity contribution is -0.138. The number of rotatable bonds is 5. The normalized spacial score (nSPS) is 25.4. The van der Waals surface area contributed by atoms with E-state index in [9.17, 15) is 4.79 Å². The molecule has 1 saturated heterocycles. The summed E-state index contributed by atoms with van der Waals surface area (Å²) in [5.74, 6) is -0.667. The average molecular weight is 254 g/mol. The first-order valence-electron chi connectivity index (χ1n) is 7.40. The van der Waals surface area contributed by atoms with Gasteiger partial charge in [-0.1, -0.05) is 19.8 Å². The van der Waals surface area contributed by atoms with Crippen molar-refractivity contribution in [3.8, 4) is 0 Å². The van der Waals surface area contributed by atoms with Gasteiger partial charge in [-0.05, 0) is 19.3 Å². The second-order valence-corrected chi connectivity index (χ2v) is 5.67. The van der Waals surface area contributed by atoms with E-state index in [1.54, 1.807) is 0 Å². The van der Waals surface area contributed by atoms with Crippen LogP contribution < -0.4 is 0 Å². The van der Waals surface area contributed by atoms with Gasteiger partial charge in [0.25, 0.3) is 0 Å². The van der Waals surface area contributed by atoms with Gasteiger partial charge in [-0.2, -0.15) is 0 Å². The highest BCUT2D eigenvalue weighted by Crippen LogP contribution is 2.25. The largest absolute Gasteiger partial charge is 0.481 e. The van der Waals surface area contributed by atoms with Crippen LogP contribution in [0.25, 0.3) is 0 Å². The molecule has 1 aliphatic heterocycles. The summed E-state index contributed by atoms with van der Waals surface area (Å²) in [5, 5.41) is 8.93. The highest BCUT2D eigenvalue weighted by atomic mass is 16.4. The quantitative estimate of drug-likeness (QED) is 0.812. The maximum Gasteiger partial charge on any atom is 0.304 e. The van der Waals surface area contributed by atoms with Gasteiger partial charge in [-0.15, -0.1) is 0 Å². The standard InChI is InChI=1S/C14H26N2O2/c1-2-12(11-14(17)18)15-7-9-16(10-8-15)13-5-3-4-6-13/h12-13H,2-11H2,1H3,(H,17,18). The zero-order valence-corrected chi connectivity index (χ0v) is 11.5. The third-order valence-corrected chi connectivity index (χ3v) is 4.59. The number of carboxylic acid groups (broad SMARTS) is 1. The molecule has 4 heteroatoms. The van der Waals surface area contributed by atoms with E-state index in [-0.39, 0.29) is 6.04 Å². The molecule has 0 amide bonds. The van der Waals surface area contributed by atoms with Crippen molar-refractivity contribution < 1.29 is 9.90 Å². The van der Waals surface area contributed by atoms with Crippen molar-refractivity contribution in [2.24, 2.45) is 0 Å². The minimum Gasteiger partial charge on any atom is -0.481 e. The molecule has 0 spiro atoms. The molecule has 2 aliphatic rings. The van der Waals surface area contributed by atoms with Gasteiger partial charge in [0.05, 0.1) is 6.42 Å². The SMILES string of the molecule is CCC(CC(=O)O)N1CCN(C2CCCC2)CC1. The number of piperazine rings is 1. The molecule has 2 fully saturated rings. The van der Waals surface area contributed by atoms with Crippen LogP contribution >= 0.6 is 0 Å². The molecule has 0 aromatic rings. The van der Waals surface area contributed by atoms with Crippen molar-refractivity contribution >= 4 is 5.97 Å². The van der Waals surface area contributed by atoms with E-state index >= 15 is 0 Å². The van der Waals surface area contributed by atoms with Gasteiger partial charge in [-0.25, -0.2) is 0 Å². The molecular weight excluding hydrogens is 228 g/mol. The Bertz CT molecular complexity index is 269. The molecule has 2 rings (SSSR count). The highest BCUT2D eigenvalue weighted by Gasteiger charge is 2.28. The molecule has 1 N–H and O–H groups in total. The van der Waals surface area contributed by atoms with Crippen molar-refractivity contribution in [3.05, 3.63) is 0 Å². The van der Waals surface area contributed by atoms with Crippen molar-refractivity contribution in [1.82, 2.24) is 9.80 Å². The first kappa shape index (κ1) is 13.8. The van der Waals surface area contributed by atoms with Crippen molar-refractivity contribution in [2.75, 3.05) is 26.2 Å². The number of carbonyl (C=O) groups is 1. The van der Waals surface area contributed by atoms with E-state index in [0.717, 1.165) is 38.6 Å². The summed E-state index contributed by atoms with van der Waals surface area (Å²) in [7, 11) is 0. The van der Waals surface area contributed by atoms with E-state index in [1.807, 2.05) is 0 Å². The lowest BCUT2D eigenvalue weighted by Crippen LogP contribution is -2.52. The van der Waals surface area contributed by atoms with Gasteiger partial charge in [0.1, 0.15) is 0 Å². The minimum atomic E-state index is -0.667. The number of carboxylic acids is 1. The second-order valence-electron chi connectivity index (χ2n) is 5.67. The molecule has 104 valence electrons. The molecule has 1 atom stereocenters. The first-order valence-corrected chi connectivity index (χ1v) is 7.40. The summed E-state index contributed by atoms with van der Waals surface area (Å²) in [6.45, 7) is 6.43. The van der Waals surface area contributed by atoms with Crippen molar-refractivity contribution in [3.63, 3.8) is 0 Å². The Morgan fingerprint density at radius 1 is 1.22 bits per heavy atom. The molecule has 1 unspecified atom stereocenters. The first-order chi connectivity index (χ1) is 8.70. The van der Waals surface area contributed by atoms with Gasteiger partial charge in [0, 0.05) is 38.3 Å². The van der Waals surface area contributed by atoms with Crippen LogP contribution in [0.5, 0.6) is 0 Å². The summed E-state index contributed by atoms with van der Waals surface area (Å²) in [4.78, 5) is 15.8. The summed E-state index contributed by atoms with van der Waals surface area (Å²) in [6, 6.07) is 1.04. The van der Waals surface area contributed by atoms with Crippen molar-refractivity contribution in [1.29, 1.82) is 0 Å². The zero-order valence-electron chi connectivity index (χ0n) is 11.5. The summed E-state index contributed by atoms with van der Waals surface area (Å²) >= 11 is 0. The Morgan fingerprint density at radius 3 is 2.33 bits per heavy atom. The van der Waals surface area contributed by atoms with E-state index in [2.05, 4.69) is 16.7 Å². The third kappa shape index (κ3) is 3.45. The highest BCUT2D eigenvalue weighted by molar-refractivity contribution is 5.67.